The molecule has 1 aliphatic heterocycles. The van der Waals surface area contributed by atoms with Crippen LogP contribution in [0.1, 0.15) is 37.8 Å². The van der Waals surface area contributed by atoms with E-state index in [4.69, 9.17) is 0 Å². The average molecular weight is 310 g/mol. The molecular formula is C16H26N2O2S. The third-order valence-electron chi connectivity index (χ3n) is 4.40. The van der Waals surface area contributed by atoms with Crippen LogP contribution in [0.2, 0.25) is 0 Å². The van der Waals surface area contributed by atoms with Crippen LogP contribution in [0.25, 0.3) is 0 Å². The smallest absolute Gasteiger partial charge is 0.175 e. The van der Waals surface area contributed by atoms with E-state index in [1.165, 1.54) is 31.1 Å². The van der Waals surface area contributed by atoms with Crippen LogP contribution in [0.5, 0.6) is 0 Å². The quantitative estimate of drug-likeness (QED) is 0.906. The second-order valence-corrected chi connectivity index (χ2v) is 7.98. The first-order chi connectivity index (χ1) is 9.93. The lowest BCUT2D eigenvalue weighted by atomic mass is 9.97. The van der Waals surface area contributed by atoms with Crippen molar-refractivity contribution in [1.29, 1.82) is 0 Å². The normalized spacial score (nSPS) is 22.1. The summed E-state index contributed by atoms with van der Waals surface area (Å²) in [6, 6.07) is 8.22. The number of piperidine rings is 1. The predicted molar refractivity (Wildman–Crippen MR) is 86.2 cm³/mol. The highest BCUT2D eigenvalue weighted by Gasteiger charge is 2.26. The number of benzene rings is 1. The average Bonchev–Trinajstić information content (AvgIpc) is 2.47. The standard InChI is InChI=1S/C16H26N2O2S/c1-13(18-11-5-4-6-15(18)12-17-2)14-7-9-16(10-8-14)21(3,19)20/h7-10,13,15,17H,4-6,11-12H2,1-3H3. The van der Waals surface area contributed by atoms with E-state index >= 15 is 0 Å². The molecule has 1 aromatic rings. The maximum Gasteiger partial charge on any atom is 0.175 e. The van der Waals surface area contributed by atoms with Crippen LogP contribution in [-0.2, 0) is 9.84 Å². The van der Waals surface area contributed by atoms with Crippen LogP contribution in [0, 0.1) is 0 Å². The van der Waals surface area contributed by atoms with Gasteiger partial charge in [0.1, 0.15) is 0 Å². The van der Waals surface area contributed by atoms with Gasteiger partial charge in [-0.25, -0.2) is 8.42 Å². The van der Waals surface area contributed by atoms with E-state index in [9.17, 15) is 8.42 Å². The molecule has 0 amide bonds. The Balaban J connectivity index is 2.16. The predicted octanol–water partition coefficient (Wildman–Crippen LogP) is 2.22. The van der Waals surface area contributed by atoms with Gasteiger partial charge >= 0.3 is 0 Å². The Morgan fingerprint density at radius 2 is 1.95 bits per heavy atom. The summed E-state index contributed by atoms with van der Waals surface area (Å²) in [5.41, 5.74) is 1.19. The molecule has 5 heteroatoms. The molecule has 21 heavy (non-hydrogen) atoms. The molecule has 1 heterocycles. The minimum atomic E-state index is -3.11. The van der Waals surface area contributed by atoms with Gasteiger partial charge in [0, 0.05) is 24.9 Å². The van der Waals surface area contributed by atoms with E-state index in [1.54, 1.807) is 12.1 Å². The molecule has 0 aliphatic carbocycles. The molecule has 0 spiro atoms. The van der Waals surface area contributed by atoms with Crippen molar-refractivity contribution < 1.29 is 8.42 Å². The van der Waals surface area contributed by atoms with Crippen molar-refractivity contribution in [2.75, 3.05) is 26.4 Å². The first-order valence-electron chi connectivity index (χ1n) is 7.64. The highest BCUT2D eigenvalue weighted by atomic mass is 32.2. The summed E-state index contributed by atoms with van der Waals surface area (Å²) in [6.07, 6.45) is 5.01. The first-order valence-corrected chi connectivity index (χ1v) is 9.53. The highest BCUT2D eigenvalue weighted by Crippen LogP contribution is 2.28. The van der Waals surface area contributed by atoms with Crippen molar-refractivity contribution in [1.82, 2.24) is 10.2 Å². The molecule has 118 valence electrons. The molecular weight excluding hydrogens is 284 g/mol. The minimum absolute atomic E-state index is 0.317. The van der Waals surface area contributed by atoms with E-state index < -0.39 is 9.84 Å². The molecule has 0 saturated carbocycles. The Morgan fingerprint density at radius 3 is 2.52 bits per heavy atom. The van der Waals surface area contributed by atoms with Crippen molar-refractivity contribution in [3.8, 4) is 0 Å². The monoisotopic (exact) mass is 310 g/mol. The Morgan fingerprint density at radius 1 is 1.29 bits per heavy atom. The number of hydrogen-bond donors (Lipinski definition) is 1. The zero-order chi connectivity index (χ0) is 15.5. The number of hydrogen-bond acceptors (Lipinski definition) is 4. The van der Waals surface area contributed by atoms with E-state index in [0.717, 1.165) is 13.1 Å². The zero-order valence-corrected chi connectivity index (χ0v) is 14.0. The molecule has 2 atom stereocenters. The number of nitrogens with one attached hydrogen (secondary N) is 1. The summed E-state index contributed by atoms with van der Waals surface area (Å²) < 4.78 is 23.1. The maximum atomic E-state index is 11.5. The van der Waals surface area contributed by atoms with Gasteiger partial charge < -0.3 is 5.32 Å². The van der Waals surface area contributed by atoms with Gasteiger partial charge in [-0.15, -0.1) is 0 Å². The van der Waals surface area contributed by atoms with Crippen molar-refractivity contribution >= 4 is 9.84 Å². The van der Waals surface area contributed by atoms with Gasteiger partial charge in [-0.1, -0.05) is 18.6 Å². The summed E-state index contributed by atoms with van der Waals surface area (Å²) in [5, 5.41) is 3.28. The first kappa shape index (κ1) is 16.5. The third-order valence-corrected chi connectivity index (χ3v) is 5.53. The van der Waals surface area contributed by atoms with Crippen LogP contribution >= 0.6 is 0 Å². The third kappa shape index (κ3) is 4.05. The van der Waals surface area contributed by atoms with Gasteiger partial charge in [0.25, 0.3) is 0 Å². The van der Waals surface area contributed by atoms with Crippen LogP contribution in [0.4, 0.5) is 0 Å². The summed E-state index contributed by atoms with van der Waals surface area (Å²) in [5.74, 6) is 0. The second kappa shape index (κ2) is 6.90. The van der Waals surface area contributed by atoms with Gasteiger partial charge in [0.05, 0.1) is 4.90 Å². The zero-order valence-electron chi connectivity index (χ0n) is 13.2. The number of rotatable bonds is 5. The lowest BCUT2D eigenvalue weighted by molar-refractivity contribution is 0.103. The summed E-state index contributed by atoms with van der Waals surface area (Å²) in [4.78, 5) is 2.93. The Labute approximate surface area is 128 Å². The van der Waals surface area contributed by atoms with Gasteiger partial charge in [-0.2, -0.15) is 0 Å². The molecule has 2 rings (SSSR count). The summed E-state index contributed by atoms with van der Waals surface area (Å²) >= 11 is 0. The number of sulfone groups is 1. The van der Waals surface area contributed by atoms with E-state index in [1.807, 2.05) is 19.2 Å². The Kier molecular flexibility index (Phi) is 5.41. The molecule has 1 N–H and O–H groups in total. The maximum absolute atomic E-state index is 11.5. The van der Waals surface area contributed by atoms with Gasteiger partial charge in [-0.3, -0.25) is 4.90 Å². The highest BCUT2D eigenvalue weighted by molar-refractivity contribution is 7.90. The molecule has 1 saturated heterocycles. The van der Waals surface area contributed by atoms with E-state index in [-0.39, 0.29) is 0 Å². The lowest BCUT2D eigenvalue weighted by Gasteiger charge is -2.40. The molecule has 0 aromatic heterocycles. The number of likely N-dealkylation sites (tertiary alicyclic amines) is 1. The largest absolute Gasteiger partial charge is 0.318 e. The molecule has 2 unspecified atom stereocenters. The topological polar surface area (TPSA) is 49.4 Å². The molecule has 1 aromatic carbocycles. The van der Waals surface area contributed by atoms with Crippen molar-refractivity contribution in [2.45, 2.75) is 43.2 Å². The molecule has 1 fully saturated rings. The summed E-state index contributed by atoms with van der Waals surface area (Å²) in [6.45, 7) is 4.33. The van der Waals surface area contributed by atoms with Crippen molar-refractivity contribution in [3.05, 3.63) is 29.8 Å². The van der Waals surface area contributed by atoms with Crippen molar-refractivity contribution in [2.24, 2.45) is 0 Å². The summed E-state index contributed by atoms with van der Waals surface area (Å²) in [7, 11) is -1.11. The fraction of sp³-hybridized carbons (Fsp3) is 0.625. The van der Waals surface area contributed by atoms with Crippen LogP contribution in [-0.4, -0.2) is 45.8 Å². The van der Waals surface area contributed by atoms with Crippen LogP contribution in [0.3, 0.4) is 0 Å². The van der Waals surface area contributed by atoms with Crippen molar-refractivity contribution in [3.63, 3.8) is 0 Å². The van der Waals surface area contributed by atoms with E-state index in [2.05, 4.69) is 17.1 Å². The minimum Gasteiger partial charge on any atom is -0.318 e. The fourth-order valence-corrected chi connectivity index (χ4v) is 3.80. The van der Waals surface area contributed by atoms with Crippen LogP contribution in [0.15, 0.2) is 29.2 Å². The van der Waals surface area contributed by atoms with E-state index in [0.29, 0.717) is 17.0 Å². The second-order valence-electron chi connectivity index (χ2n) is 5.96. The number of nitrogens with zero attached hydrogens (tertiary/aromatic N) is 1. The molecule has 0 radical (unpaired) electrons. The van der Waals surface area contributed by atoms with Crippen LogP contribution < -0.4 is 5.32 Å². The number of likely N-dealkylation sites (N-methyl/N-ethyl adjacent to an activating group) is 1. The Bertz CT molecular complexity index is 552. The van der Waals surface area contributed by atoms with Gasteiger partial charge in [0.2, 0.25) is 0 Å². The SMILES string of the molecule is CNCC1CCCCN1C(C)c1ccc(S(C)(=O)=O)cc1. The lowest BCUT2D eigenvalue weighted by Crippen LogP contribution is -2.45. The molecule has 0 bridgehead atoms. The fourth-order valence-electron chi connectivity index (χ4n) is 3.17. The van der Waals surface area contributed by atoms with Gasteiger partial charge in [-0.05, 0) is 51.1 Å². The molecule has 4 nitrogen and oxygen atoms in total. The Hall–Kier alpha value is -0.910. The van der Waals surface area contributed by atoms with Gasteiger partial charge in [0.15, 0.2) is 9.84 Å². The molecule has 1 aliphatic rings.